The van der Waals surface area contributed by atoms with Gasteiger partial charge in [0.25, 0.3) is 5.91 Å². The summed E-state index contributed by atoms with van der Waals surface area (Å²) in [4.78, 5) is 12.7. The molecule has 0 aromatic heterocycles. The van der Waals surface area contributed by atoms with Crippen molar-refractivity contribution < 1.29 is 19.7 Å². The van der Waals surface area contributed by atoms with Crippen molar-refractivity contribution in [2.75, 3.05) is 13.2 Å². The lowest BCUT2D eigenvalue weighted by atomic mass is 10.0. The maximum absolute atomic E-state index is 11.7. The van der Waals surface area contributed by atoms with Crippen molar-refractivity contribution in [1.82, 2.24) is 15.5 Å². The van der Waals surface area contributed by atoms with Crippen LogP contribution in [0.4, 0.5) is 0 Å². The van der Waals surface area contributed by atoms with Gasteiger partial charge in [0.1, 0.15) is 41.0 Å². The first kappa shape index (κ1) is 27.2. The second-order valence-electron chi connectivity index (χ2n) is 6.80. The molecule has 1 aromatic carbocycles. The molecular weight excluding hydrogens is 461 g/mol. The number of nitrogens with zero attached hydrogens (tertiary/aromatic N) is 1. The average Bonchev–Trinajstić information content (AvgIpc) is 2.74. The number of ether oxygens (including phenoxy) is 1. The van der Waals surface area contributed by atoms with Crippen LogP contribution in [0.1, 0.15) is 31.4 Å². The second kappa shape index (κ2) is 12.2. The van der Waals surface area contributed by atoms with E-state index in [1.165, 1.54) is 0 Å². The molecule has 2 rings (SSSR count). The summed E-state index contributed by atoms with van der Waals surface area (Å²) in [6.45, 7) is 1.46. The van der Waals surface area contributed by atoms with Gasteiger partial charge >= 0.3 is 0 Å². The van der Waals surface area contributed by atoms with Crippen LogP contribution >= 0.6 is 24.0 Å². The summed E-state index contributed by atoms with van der Waals surface area (Å²) in [5.74, 6) is -0.841. The molecule has 0 fully saturated rings. The molecular formula is C19H29Cl2N7O4. The Morgan fingerprint density at radius 1 is 1.34 bits per heavy atom. The predicted octanol–water partition coefficient (Wildman–Crippen LogP) is 0.0484. The lowest BCUT2D eigenvalue weighted by Crippen LogP contribution is -2.50. The average molecular weight is 490 g/mol. The summed E-state index contributed by atoms with van der Waals surface area (Å²) in [6.07, 6.45) is 0.361. The molecule has 178 valence electrons. The number of primary amides is 1. The van der Waals surface area contributed by atoms with E-state index in [-0.39, 0.29) is 47.5 Å². The van der Waals surface area contributed by atoms with Gasteiger partial charge in [-0.05, 0) is 12.5 Å². The number of carbonyl (C=O) groups excluding carboxylic acids is 1. The number of para-hydroxylation sites is 1. The van der Waals surface area contributed by atoms with E-state index in [1.54, 1.807) is 12.1 Å². The zero-order chi connectivity index (χ0) is 23.1. The summed E-state index contributed by atoms with van der Waals surface area (Å²) in [5, 5.41) is 32.6. The summed E-state index contributed by atoms with van der Waals surface area (Å²) in [6, 6.07) is 6.73. The Bertz CT molecular complexity index is 894. The van der Waals surface area contributed by atoms with Crippen molar-refractivity contribution in [3.63, 3.8) is 0 Å². The van der Waals surface area contributed by atoms with Crippen LogP contribution in [0.25, 0.3) is 0 Å². The van der Waals surface area contributed by atoms with Crippen LogP contribution < -0.4 is 32.6 Å². The van der Waals surface area contributed by atoms with Crippen LogP contribution in [-0.4, -0.2) is 46.3 Å². The summed E-state index contributed by atoms with van der Waals surface area (Å²) in [5.41, 5.74) is 17.8. The minimum Gasteiger partial charge on any atom is -0.490 e. The highest BCUT2D eigenvalue weighted by molar-refractivity contribution is 6.30. The van der Waals surface area contributed by atoms with Crippen LogP contribution in [0.3, 0.4) is 0 Å². The number of nitrogens with one attached hydrogen (secondary N) is 3. The van der Waals surface area contributed by atoms with Crippen molar-refractivity contribution in [1.29, 1.82) is 5.41 Å². The van der Waals surface area contributed by atoms with Crippen molar-refractivity contribution in [3.8, 4) is 5.75 Å². The summed E-state index contributed by atoms with van der Waals surface area (Å²) in [7, 11) is 0. The first-order valence-corrected chi connectivity index (χ1v) is 9.96. The van der Waals surface area contributed by atoms with Crippen molar-refractivity contribution in [2.24, 2.45) is 17.2 Å². The predicted molar refractivity (Wildman–Crippen MR) is 123 cm³/mol. The monoisotopic (exact) mass is 489 g/mol. The largest absolute Gasteiger partial charge is 0.490 e. The molecule has 11 nitrogen and oxygen atoms in total. The fraction of sp³-hybridized carbons (Fsp3) is 0.368. The van der Waals surface area contributed by atoms with E-state index in [0.717, 1.165) is 16.9 Å². The maximum Gasteiger partial charge on any atom is 0.268 e. The van der Waals surface area contributed by atoms with Gasteiger partial charge in [-0.3, -0.25) is 10.2 Å². The molecule has 13 heteroatoms. The zero-order valence-corrected chi connectivity index (χ0v) is 19.0. The quantitative estimate of drug-likeness (QED) is 0.134. The Hall–Kier alpha value is -2.86. The lowest BCUT2D eigenvalue weighted by Gasteiger charge is -2.33. The minimum atomic E-state index is -1.02. The highest BCUT2D eigenvalue weighted by atomic mass is 35.5. The Kier molecular flexibility index (Phi) is 10.4. The number of aliphatic hydroxyl groups is 2. The highest BCUT2D eigenvalue weighted by Gasteiger charge is 2.30. The third-order valence-corrected chi connectivity index (χ3v) is 4.78. The molecule has 0 spiro atoms. The SMILES string of the molecule is CCCC(NC(=N)N1C(N)=C(Cl)NC(C(N)=O)=C1N)c1ccccc1OCC(O)CO.Cl. The molecule has 0 radical (unpaired) electrons. The molecule has 2 atom stereocenters. The molecule has 1 aromatic rings. The Labute approximate surface area is 197 Å². The minimum absolute atomic E-state index is 0. The van der Waals surface area contributed by atoms with Gasteiger partial charge in [-0.15, -0.1) is 12.4 Å². The highest BCUT2D eigenvalue weighted by Crippen LogP contribution is 2.29. The number of rotatable bonds is 9. The van der Waals surface area contributed by atoms with E-state index in [0.29, 0.717) is 12.2 Å². The summed E-state index contributed by atoms with van der Waals surface area (Å²) < 4.78 is 5.66. The van der Waals surface area contributed by atoms with Crippen molar-refractivity contribution >= 4 is 35.9 Å². The number of halogens is 2. The zero-order valence-electron chi connectivity index (χ0n) is 17.5. The van der Waals surface area contributed by atoms with Gasteiger partial charge < -0.3 is 42.8 Å². The topological polar surface area (TPSA) is 196 Å². The smallest absolute Gasteiger partial charge is 0.268 e. The number of benzene rings is 1. The van der Waals surface area contributed by atoms with Gasteiger partial charge in [0.05, 0.1) is 12.6 Å². The number of carbonyl (C=O) groups is 1. The van der Waals surface area contributed by atoms with E-state index in [1.807, 2.05) is 19.1 Å². The van der Waals surface area contributed by atoms with E-state index in [4.69, 9.17) is 44.1 Å². The fourth-order valence-electron chi connectivity index (χ4n) is 2.97. The Balaban J connectivity index is 0.00000512. The molecule has 1 aliphatic rings. The first-order valence-electron chi connectivity index (χ1n) is 9.58. The van der Waals surface area contributed by atoms with Crippen LogP contribution in [0, 0.1) is 5.41 Å². The first-order chi connectivity index (χ1) is 14.7. The molecule has 0 saturated heterocycles. The van der Waals surface area contributed by atoms with Crippen LogP contribution in [0.5, 0.6) is 5.75 Å². The van der Waals surface area contributed by atoms with E-state index in [2.05, 4.69) is 10.6 Å². The molecule has 1 heterocycles. The lowest BCUT2D eigenvalue weighted by molar-refractivity contribution is -0.115. The molecule has 11 N–H and O–H groups in total. The Morgan fingerprint density at radius 2 is 2.00 bits per heavy atom. The van der Waals surface area contributed by atoms with Gasteiger partial charge in [-0.25, -0.2) is 4.90 Å². The molecule has 1 aliphatic heterocycles. The van der Waals surface area contributed by atoms with Gasteiger partial charge in [-0.1, -0.05) is 43.1 Å². The van der Waals surface area contributed by atoms with E-state index in [9.17, 15) is 9.90 Å². The van der Waals surface area contributed by atoms with Gasteiger partial charge in [-0.2, -0.15) is 0 Å². The van der Waals surface area contributed by atoms with Gasteiger partial charge in [0.2, 0.25) is 5.96 Å². The third kappa shape index (κ3) is 6.33. The molecule has 2 unspecified atom stereocenters. The standard InChI is InChI=1S/C19H28ClN7O4.ClH/c1-2-5-12(11-6-3-4-7-13(11)31-9-10(29)8-28)25-19(24)27-16(21)14(18(23)30)26-15(20)17(27)22;/h3-4,6-7,10,12,26,28-29H,2,5,8-9,21-22H2,1H3,(H2,23,30)(H2,24,25);1H. The molecule has 1 amide bonds. The third-order valence-electron chi connectivity index (χ3n) is 4.49. The normalized spacial score (nSPS) is 15.4. The van der Waals surface area contributed by atoms with Crippen LogP contribution in [0.15, 0.2) is 46.8 Å². The molecule has 0 bridgehead atoms. The van der Waals surface area contributed by atoms with Gasteiger partial charge in [0.15, 0.2) is 0 Å². The van der Waals surface area contributed by atoms with Crippen molar-refractivity contribution in [2.45, 2.75) is 31.9 Å². The van der Waals surface area contributed by atoms with Gasteiger partial charge in [0, 0.05) is 5.56 Å². The van der Waals surface area contributed by atoms with E-state index >= 15 is 0 Å². The molecule has 0 aliphatic carbocycles. The number of amides is 1. The van der Waals surface area contributed by atoms with E-state index < -0.39 is 24.7 Å². The molecule has 0 saturated carbocycles. The number of hydrogen-bond acceptors (Lipinski definition) is 8. The number of guanidine groups is 1. The Morgan fingerprint density at radius 3 is 2.59 bits per heavy atom. The maximum atomic E-state index is 11.7. The van der Waals surface area contributed by atoms with Crippen molar-refractivity contribution in [3.05, 3.63) is 52.3 Å². The van der Waals surface area contributed by atoms with Crippen LogP contribution in [-0.2, 0) is 4.79 Å². The number of hydrogen-bond donors (Lipinski definition) is 8. The van der Waals surface area contributed by atoms with Crippen LogP contribution in [0.2, 0.25) is 0 Å². The molecule has 32 heavy (non-hydrogen) atoms. The second-order valence-corrected chi connectivity index (χ2v) is 7.18. The fourth-order valence-corrected chi connectivity index (χ4v) is 3.15. The number of aliphatic hydroxyl groups excluding tert-OH is 2. The number of nitrogens with two attached hydrogens (primary N) is 3. The summed E-state index contributed by atoms with van der Waals surface area (Å²) >= 11 is 6.05.